The summed E-state index contributed by atoms with van der Waals surface area (Å²) in [6.45, 7) is 6.36. The molecule has 2 heterocycles. The largest absolute Gasteiger partial charge is 0.344 e. The average molecular weight is 343 g/mol. The maximum atomic E-state index is 12.7. The number of aromatic nitrogens is 2. The van der Waals surface area contributed by atoms with Crippen LogP contribution in [0.15, 0.2) is 0 Å². The number of nitrogens with zero attached hydrogens (tertiary/aromatic N) is 4. The third kappa shape index (κ3) is 4.04. The van der Waals surface area contributed by atoms with E-state index in [4.69, 9.17) is 10.2 Å². The Hall–Kier alpha value is -1.87. The van der Waals surface area contributed by atoms with E-state index in [9.17, 15) is 4.79 Å². The van der Waals surface area contributed by atoms with Gasteiger partial charge in [0.2, 0.25) is 5.91 Å². The molecule has 0 spiro atoms. The Morgan fingerprint density at radius 2 is 2.24 bits per heavy atom. The summed E-state index contributed by atoms with van der Waals surface area (Å²) in [4.78, 5) is 25.1. The number of aromatic amines is 1. The second-order valence-corrected chi connectivity index (χ2v) is 7.35. The van der Waals surface area contributed by atoms with Gasteiger partial charge in [0.25, 0.3) is 0 Å². The molecular weight excluding hydrogens is 314 g/mol. The normalized spacial score (nSPS) is 21.6. The lowest BCUT2D eigenvalue weighted by Gasteiger charge is -2.27. The zero-order valence-electron chi connectivity index (χ0n) is 15.4. The number of carbonyl (C=O) groups excluding carboxylic acids is 1. The van der Waals surface area contributed by atoms with E-state index >= 15 is 0 Å². The van der Waals surface area contributed by atoms with Crippen LogP contribution in [-0.4, -0.2) is 51.9 Å². The molecule has 0 unspecified atom stereocenters. The average Bonchev–Trinajstić information content (AvgIpc) is 3.25. The number of hydrogen-bond donors (Lipinski definition) is 1. The monoisotopic (exact) mass is 343 g/mol. The molecule has 25 heavy (non-hydrogen) atoms. The van der Waals surface area contributed by atoms with E-state index in [0.29, 0.717) is 19.6 Å². The molecule has 1 fully saturated rings. The number of amides is 1. The molecule has 0 saturated carbocycles. The molecule has 6 nitrogen and oxygen atoms in total. The van der Waals surface area contributed by atoms with Crippen LogP contribution in [0.4, 0.5) is 0 Å². The molecule has 2 atom stereocenters. The van der Waals surface area contributed by atoms with Gasteiger partial charge in [-0.3, -0.25) is 9.69 Å². The smallest absolute Gasteiger partial charge is 0.236 e. The maximum absolute atomic E-state index is 12.7. The minimum Gasteiger partial charge on any atom is -0.344 e. The number of hydrogen-bond acceptors (Lipinski definition) is 4. The molecular formula is C19H29N5O. The van der Waals surface area contributed by atoms with Gasteiger partial charge in [-0.15, -0.1) is 0 Å². The van der Waals surface area contributed by atoms with Crippen molar-refractivity contribution in [3.05, 3.63) is 17.2 Å². The summed E-state index contributed by atoms with van der Waals surface area (Å²) < 4.78 is 0. The zero-order chi connectivity index (χ0) is 17.8. The molecule has 1 saturated heterocycles. The van der Waals surface area contributed by atoms with Crippen molar-refractivity contribution >= 4 is 5.91 Å². The molecule has 1 N–H and O–H groups in total. The quantitative estimate of drug-likeness (QED) is 0.861. The molecule has 2 aliphatic rings. The Kier molecular flexibility index (Phi) is 5.74. The lowest BCUT2D eigenvalue weighted by Crippen LogP contribution is -2.42. The van der Waals surface area contributed by atoms with Gasteiger partial charge in [-0.25, -0.2) is 4.98 Å². The van der Waals surface area contributed by atoms with Crippen molar-refractivity contribution in [1.82, 2.24) is 19.8 Å². The lowest BCUT2D eigenvalue weighted by atomic mass is 10.0. The Morgan fingerprint density at radius 1 is 1.44 bits per heavy atom. The summed E-state index contributed by atoms with van der Waals surface area (Å²) >= 11 is 0. The number of H-pyrrole nitrogens is 1. The molecule has 1 aromatic rings. The third-order valence-corrected chi connectivity index (χ3v) is 5.44. The van der Waals surface area contributed by atoms with Crippen LogP contribution in [0, 0.1) is 17.2 Å². The minimum absolute atomic E-state index is 0.118. The van der Waals surface area contributed by atoms with Crippen molar-refractivity contribution in [2.24, 2.45) is 5.92 Å². The molecule has 3 rings (SSSR count). The Bertz CT molecular complexity index is 623. The molecule has 1 amide bonds. The highest BCUT2D eigenvalue weighted by Crippen LogP contribution is 2.32. The fourth-order valence-corrected chi connectivity index (χ4v) is 4.01. The van der Waals surface area contributed by atoms with Crippen molar-refractivity contribution in [1.29, 1.82) is 5.26 Å². The van der Waals surface area contributed by atoms with Gasteiger partial charge in [-0.1, -0.05) is 0 Å². The van der Waals surface area contributed by atoms with Crippen molar-refractivity contribution < 1.29 is 4.79 Å². The number of nitriles is 1. The topological polar surface area (TPSA) is 76.0 Å². The number of nitrogens with one attached hydrogen (secondary N) is 1. The van der Waals surface area contributed by atoms with Crippen molar-refractivity contribution in [3.8, 4) is 6.07 Å². The number of likely N-dealkylation sites (N-methyl/N-ethyl adjacent to an activating group) is 1. The van der Waals surface area contributed by atoms with Crippen molar-refractivity contribution in [2.45, 2.75) is 58.4 Å². The minimum atomic E-state index is -0.130. The van der Waals surface area contributed by atoms with E-state index in [1.807, 2.05) is 13.8 Å². The van der Waals surface area contributed by atoms with Gasteiger partial charge in [0.05, 0.1) is 30.3 Å². The van der Waals surface area contributed by atoms with E-state index in [-0.39, 0.29) is 17.9 Å². The van der Waals surface area contributed by atoms with Crippen LogP contribution < -0.4 is 0 Å². The van der Waals surface area contributed by atoms with Gasteiger partial charge in [0.15, 0.2) is 0 Å². The Balaban J connectivity index is 1.66. The molecule has 136 valence electrons. The predicted molar refractivity (Wildman–Crippen MR) is 95.8 cm³/mol. The highest BCUT2D eigenvalue weighted by atomic mass is 16.2. The van der Waals surface area contributed by atoms with Gasteiger partial charge < -0.3 is 9.88 Å². The SMILES string of the molecule is CCN(C[C@H](C)C#N)C(=O)CN1CCC[C@H]1c1nc2c([nH]1)CCCC2. The van der Waals surface area contributed by atoms with E-state index < -0.39 is 0 Å². The molecule has 1 aliphatic carbocycles. The second-order valence-electron chi connectivity index (χ2n) is 7.35. The van der Waals surface area contributed by atoms with E-state index in [2.05, 4.69) is 16.0 Å². The summed E-state index contributed by atoms with van der Waals surface area (Å²) in [5, 5.41) is 9.01. The highest BCUT2D eigenvalue weighted by molar-refractivity contribution is 5.78. The molecule has 6 heteroatoms. The Morgan fingerprint density at radius 3 is 2.96 bits per heavy atom. The first-order valence-electron chi connectivity index (χ1n) is 9.61. The van der Waals surface area contributed by atoms with Crippen LogP contribution in [0.3, 0.4) is 0 Å². The lowest BCUT2D eigenvalue weighted by molar-refractivity contribution is -0.132. The highest BCUT2D eigenvalue weighted by Gasteiger charge is 2.32. The first kappa shape index (κ1) is 17.9. The fourth-order valence-electron chi connectivity index (χ4n) is 4.01. The van der Waals surface area contributed by atoms with E-state index in [0.717, 1.165) is 38.1 Å². The van der Waals surface area contributed by atoms with Gasteiger partial charge in [-0.05, 0) is 58.9 Å². The maximum Gasteiger partial charge on any atom is 0.236 e. The molecule has 1 aliphatic heterocycles. The number of rotatable bonds is 6. The first-order valence-corrected chi connectivity index (χ1v) is 9.61. The van der Waals surface area contributed by atoms with E-state index in [1.54, 1.807) is 4.90 Å². The number of likely N-dealkylation sites (tertiary alicyclic amines) is 1. The Labute approximate surface area is 150 Å². The summed E-state index contributed by atoms with van der Waals surface area (Å²) in [6.07, 6.45) is 6.80. The molecule has 0 bridgehead atoms. The molecule has 1 aromatic heterocycles. The van der Waals surface area contributed by atoms with Crippen LogP contribution in [0.1, 0.15) is 62.8 Å². The summed E-state index contributed by atoms with van der Waals surface area (Å²) in [5.41, 5.74) is 2.54. The van der Waals surface area contributed by atoms with E-state index in [1.165, 1.54) is 24.2 Å². The standard InChI is InChI=1S/C19H29N5O/c1-3-23(12-14(2)11-20)18(25)13-24-10-6-9-17(24)19-21-15-7-4-5-8-16(15)22-19/h14,17H,3-10,12-13H2,1-2H3,(H,21,22)/t14-,17+/m1/s1. The van der Waals surface area contributed by atoms with Crippen LogP contribution in [0.5, 0.6) is 0 Å². The zero-order valence-corrected chi connectivity index (χ0v) is 15.4. The summed E-state index contributed by atoms with van der Waals surface area (Å²) in [7, 11) is 0. The summed E-state index contributed by atoms with van der Waals surface area (Å²) in [5.74, 6) is 1.04. The number of aryl methyl sites for hydroxylation is 2. The van der Waals surface area contributed by atoms with Crippen LogP contribution >= 0.6 is 0 Å². The fraction of sp³-hybridized carbons (Fsp3) is 0.737. The molecule has 0 aromatic carbocycles. The van der Waals surface area contributed by atoms with Crippen LogP contribution in [0.25, 0.3) is 0 Å². The van der Waals surface area contributed by atoms with Gasteiger partial charge in [0, 0.05) is 18.8 Å². The van der Waals surface area contributed by atoms with Gasteiger partial charge >= 0.3 is 0 Å². The number of carbonyl (C=O) groups is 1. The molecule has 0 radical (unpaired) electrons. The van der Waals surface area contributed by atoms with Gasteiger partial charge in [0.1, 0.15) is 5.82 Å². The first-order chi connectivity index (χ1) is 12.1. The third-order valence-electron chi connectivity index (χ3n) is 5.44. The van der Waals surface area contributed by atoms with Gasteiger partial charge in [-0.2, -0.15) is 5.26 Å². The van der Waals surface area contributed by atoms with Crippen LogP contribution in [0.2, 0.25) is 0 Å². The number of imidazole rings is 1. The second kappa shape index (κ2) is 8.01. The van der Waals surface area contributed by atoms with Crippen LogP contribution in [-0.2, 0) is 17.6 Å². The van der Waals surface area contributed by atoms with Crippen molar-refractivity contribution in [3.63, 3.8) is 0 Å². The summed E-state index contributed by atoms with van der Waals surface area (Å²) in [6, 6.07) is 2.44. The predicted octanol–water partition coefficient (Wildman–Crippen LogP) is 2.43. The number of fused-ring (bicyclic) bond motifs is 1. The van der Waals surface area contributed by atoms with Crippen molar-refractivity contribution in [2.75, 3.05) is 26.2 Å².